The Kier molecular flexibility index (Phi) is 3.73. The molecule has 0 spiro atoms. The minimum atomic E-state index is 0.278. The van der Waals surface area contributed by atoms with Crippen molar-refractivity contribution in [3.05, 3.63) is 0 Å². The van der Waals surface area contributed by atoms with Crippen molar-refractivity contribution in [3.8, 4) is 5.75 Å². The van der Waals surface area contributed by atoms with Gasteiger partial charge >= 0.3 is 0 Å². The fourth-order valence-corrected chi connectivity index (χ4v) is 3.85. The third-order valence-electron chi connectivity index (χ3n) is 2.66. The third-order valence-corrected chi connectivity index (χ3v) is 4.86. The van der Waals surface area contributed by atoms with Crippen LogP contribution in [0, 0.1) is 0 Å². The number of nitrogens with two attached hydrogens (primary N) is 1. The molecule has 1 fully saturated rings. The SMILES string of the molecule is CCOc1c(N)nsc1N1CCSC(C)(C)C1. The Labute approximate surface area is 111 Å². The zero-order valence-electron chi connectivity index (χ0n) is 10.5. The molecule has 4 nitrogen and oxygen atoms in total. The van der Waals surface area contributed by atoms with Crippen LogP contribution in [0.5, 0.6) is 5.75 Å². The van der Waals surface area contributed by atoms with Crippen molar-refractivity contribution in [2.45, 2.75) is 25.5 Å². The number of hydrogen-bond acceptors (Lipinski definition) is 6. The summed E-state index contributed by atoms with van der Waals surface area (Å²) in [4.78, 5) is 2.34. The molecule has 0 amide bonds. The number of anilines is 2. The maximum absolute atomic E-state index is 5.84. The summed E-state index contributed by atoms with van der Waals surface area (Å²) >= 11 is 3.46. The van der Waals surface area contributed by atoms with Crippen LogP contribution in [0.4, 0.5) is 10.8 Å². The highest BCUT2D eigenvalue weighted by Crippen LogP contribution is 2.41. The van der Waals surface area contributed by atoms with Gasteiger partial charge in [-0.2, -0.15) is 16.1 Å². The predicted molar refractivity (Wildman–Crippen MR) is 76.4 cm³/mol. The number of rotatable bonds is 3. The van der Waals surface area contributed by atoms with Crippen molar-refractivity contribution in [1.82, 2.24) is 4.37 Å². The van der Waals surface area contributed by atoms with Gasteiger partial charge in [0, 0.05) is 23.6 Å². The molecule has 0 bridgehead atoms. The Morgan fingerprint density at radius 1 is 1.53 bits per heavy atom. The monoisotopic (exact) mass is 273 g/mol. The van der Waals surface area contributed by atoms with Gasteiger partial charge in [-0.05, 0) is 32.3 Å². The summed E-state index contributed by atoms with van der Waals surface area (Å²) in [5.74, 6) is 2.42. The maximum Gasteiger partial charge on any atom is 0.197 e. The first-order chi connectivity index (χ1) is 8.03. The fraction of sp³-hybridized carbons (Fsp3) is 0.727. The minimum absolute atomic E-state index is 0.278. The van der Waals surface area contributed by atoms with Gasteiger partial charge in [0.2, 0.25) is 0 Å². The van der Waals surface area contributed by atoms with E-state index in [1.54, 1.807) is 0 Å². The molecule has 0 aromatic carbocycles. The van der Waals surface area contributed by atoms with Gasteiger partial charge in [-0.25, -0.2) is 0 Å². The lowest BCUT2D eigenvalue weighted by Crippen LogP contribution is -2.42. The molecule has 1 aliphatic rings. The highest BCUT2D eigenvalue weighted by atomic mass is 32.2. The van der Waals surface area contributed by atoms with Crippen LogP contribution in [0.3, 0.4) is 0 Å². The maximum atomic E-state index is 5.84. The molecular formula is C11H19N3OS2. The van der Waals surface area contributed by atoms with Gasteiger partial charge in [0.1, 0.15) is 0 Å². The van der Waals surface area contributed by atoms with E-state index in [2.05, 4.69) is 23.1 Å². The molecule has 6 heteroatoms. The smallest absolute Gasteiger partial charge is 0.197 e. The van der Waals surface area contributed by atoms with E-state index in [1.807, 2.05) is 18.7 Å². The predicted octanol–water partition coefficient (Wildman–Crippen LogP) is 2.46. The van der Waals surface area contributed by atoms with Gasteiger partial charge < -0.3 is 15.4 Å². The van der Waals surface area contributed by atoms with Gasteiger partial charge in [-0.15, -0.1) is 0 Å². The van der Waals surface area contributed by atoms with Crippen molar-refractivity contribution in [1.29, 1.82) is 0 Å². The molecule has 96 valence electrons. The molecule has 0 radical (unpaired) electrons. The highest BCUT2D eigenvalue weighted by Gasteiger charge is 2.30. The topological polar surface area (TPSA) is 51.4 Å². The van der Waals surface area contributed by atoms with Gasteiger partial charge in [0.15, 0.2) is 16.6 Å². The van der Waals surface area contributed by atoms with E-state index < -0.39 is 0 Å². The largest absolute Gasteiger partial charge is 0.487 e. The van der Waals surface area contributed by atoms with E-state index in [-0.39, 0.29) is 4.75 Å². The lowest BCUT2D eigenvalue weighted by molar-refractivity contribution is 0.342. The molecule has 2 heterocycles. The van der Waals surface area contributed by atoms with Crippen LogP contribution in [0.25, 0.3) is 0 Å². The zero-order chi connectivity index (χ0) is 12.5. The lowest BCUT2D eigenvalue weighted by atomic mass is 10.2. The lowest BCUT2D eigenvalue weighted by Gasteiger charge is -2.38. The summed E-state index contributed by atoms with van der Waals surface area (Å²) in [5, 5.41) is 1.08. The zero-order valence-corrected chi connectivity index (χ0v) is 12.2. The summed E-state index contributed by atoms with van der Waals surface area (Å²) in [7, 11) is 0. The van der Waals surface area contributed by atoms with Gasteiger partial charge in [0.05, 0.1) is 6.61 Å². The Morgan fingerprint density at radius 2 is 2.29 bits per heavy atom. The van der Waals surface area contributed by atoms with Crippen molar-refractivity contribution < 1.29 is 4.74 Å². The van der Waals surface area contributed by atoms with E-state index in [0.717, 1.165) is 29.6 Å². The van der Waals surface area contributed by atoms with Crippen LogP contribution in [-0.4, -0.2) is 34.6 Å². The second-order valence-electron chi connectivity index (χ2n) is 4.66. The summed E-state index contributed by atoms with van der Waals surface area (Å²) in [6, 6.07) is 0. The highest BCUT2D eigenvalue weighted by molar-refractivity contribution is 8.00. The van der Waals surface area contributed by atoms with Crippen LogP contribution >= 0.6 is 23.3 Å². The Hall–Kier alpha value is -0.620. The molecule has 2 rings (SSSR count). The molecular weight excluding hydrogens is 254 g/mol. The number of thioether (sulfide) groups is 1. The normalized spacial score (nSPS) is 19.4. The summed E-state index contributed by atoms with van der Waals surface area (Å²) < 4.78 is 10.1. The van der Waals surface area contributed by atoms with E-state index in [0.29, 0.717) is 12.4 Å². The molecule has 1 aromatic heterocycles. The van der Waals surface area contributed by atoms with Crippen LogP contribution in [0.1, 0.15) is 20.8 Å². The van der Waals surface area contributed by atoms with Crippen LogP contribution in [0.2, 0.25) is 0 Å². The Morgan fingerprint density at radius 3 is 2.94 bits per heavy atom. The van der Waals surface area contributed by atoms with Crippen LogP contribution in [0.15, 0.2) is 0 Å². The van der Waals surface area contributed by atoms with Crippen LogP contribution < -0.4 is 15.4 Å². The molecule has 1 aromatic rings. The van der Waals surface area contributed by atoms with Gasteiger partial charge in [-0.1, -0.05) is 0 Å². The quantitative estimate of drug-likeness (QED) is 0.917. The first-order valence-corrected chi connectivity index (χ1v) is 7.56. The Bertz CT molecular complexity index is 392. The first-order valence-electron chi connectivity index (χ1n) is 5.80. The van der Waals surface area contributed by atoms with Crippen molar-refractivity contribution in [2.24, 2.45) is 0 Å². The summed E-state index contributed by atoms with van der Waals surface area (Å²) in [6.45, 7) is 9.19. The molecule has 0 aliphatic carbocycles. The standard InChI is InChI=1S/C11H19N3OS2/c1-4-15-8-9(12)13-17-10(8)14-5-6-16-11(2,3)7-14/h4-7H2,1-3H3,(H2,12,13). The minimum Gasteiger partial charge on any atom is -0.487 e. The average Bonchev–Trinajstić information content (AvgIpc) is 2.60. The number of aromatic nitrogens is 1. The average molecular weight is 273 g/mol. The summed E-state index contributed by atoms with van der Waals surface area (Å²) in [6.07, 6.45) is 0. The first kappa shape index (κ1) is 12.8. The van der Waals surface area contributed by atoms with Crippen molar-refractivity contribution in [3.63, 3.8) is 0 Å². The van der Waals surface area contributed by atoms with Gasteiger partial charge in [0.25, 0.3) is 0 Å². The molecule has 2 N–H and O–H groups in total. The number of nitrogen functional groups attached to an aromatic ring is 1. The molecule has 0 atom stereocenters. The molecule has 1 saturated heterocycles. The molecule has 0 saturated carbocycles. The Balaban J connectivity index is 2.21. The third kappa shape index (κ3) is 2.80. The van der Waals surface area contributed by atoms with E-state index in [9.17, 15) is 0 Å². The van der Waals surface area contributed by atoms with Crippen molar-refractivity contribution in [2.75, 3.05) is 36.1 Å². The molecule has 0 unspecified atom stereocenters. The second kappa shape index (κ2) is 4.94. The molecule has 17 heavy (non-hydrogen) atoms. The fourth-order valence-electron chi connectivity index (χ4n) is 1.96. The van der Waals surface area contributed by atoms with Crippen LogP contribution in [-0.2, 0) is 0 Å². The van der Waals surface area contributed by atoms with E-state index in [1.165, 1.54) is 11.5 Å². The van der Waals surface area contributed by atoms with E-state index >= 15 is 0 Å². The van der Waals surface area contributed by atoms with E-state index in [4.69, 9.17) is 10.5 Å². The molecule has 1 aliphatic heterocycles. The number of hydrogen-bond donors (Lipinski definition) is 1. The van der Waals surface area contributed by atoms with Gasteiger partial charge in [-0.3, -0.25) is 0 Å². The van der Waals surface area contributed by atoms with Crippen molar-refractivity contribution >= 4 is 34.1 Å². The summed E-state index contributed by atoms with van der Waals surface area (Å²) in [5.41, 5.74) is 5.84. The number of nitrogens with zero attached hydrogens (tertiary/aromatic N) is 2. The number of ether oxygens (including phenoxy) is 1. The second-order valence-corrected chi connectivity index (χ2v) is 7.22.